The molecule has 77 heavy (non-hydrogen) atoms. The number of nitrogens with one attached hydrogen (secondary N) is 8. The van der Waals surface area contributed by atoms with Gasteiger partial charge in [0.2, 0.25) is 59.1 Å². The number of primary amides is 3. The van der Waals surface area contributed by atoms with Crippen molar-refractivity contribution in [3.05, 3.63) is 102 Å². The molecule has 0 saturated carbocycles. The first kappa shape index (κ1) is 60.6. The molecule has 19 N–H and O–H groups in total. The molecule has 4 aromatic rings. The second-order valence-electron chi connectivity index (χ2n) is 18.3. The Kier molecular flexibility index (Phi) is 23.0. The molecule has 1 heterocycles. The van der Waals surface area contributed by atoms with E-state index in [0.29, 0.717) is 34.0 Å². The number of aromatic nitrogens is 1. The Morgan fingerprint density at radius 3 is 1.57 bits per heavy atom. The van der Waals surface area contributed by atoms with E-state index in [4.69, 9.17) is 22.9 Å². The quantitative estimate of drug-likeness (QED) is 0.0236. The van der Waals surface area contributed by atoms with Crippen LogP contribution >= 0.6 is 0 Å². The number of fused-ring (bicyclic) bond motifs is 1. The van der Waals surface area contributed by atoms with E-state index in [-0.39, 0.29) is 25.0 Å². The zero-order valence-electron chi connectivity index (χ0n) is 42.3. The number of amides is 10. The number of phenolic OH excluding ortho intramolecular Hbond substituents is 1. The number of aliphatic hydroxyl groups is 1. The first-order valence-corrected chi connectivity index (χ1v) is 24.4. The van der Waals surface area contributed by atoms with Crippen LogP contribution in [0, 0.1) is 5.92 Å². The van der Waals surface area contributed by atoms with Crippen molar-refractivity contribution < 1.29 is 68.1 Å². The third-order valence-corrected chi connectivity index (χ3v) is 12.4. The molecule has 0 aliphatic rings. The van der Waals surface area contributed by atoms with Gasteiger partial charge in [0.15, 0.2) is 0 Å². The van der Waals surface area contributed by atoms with Crippen LogP contribution in [0.5, 0.6) is 5.75 Å². The maximum absolute atomic E-state index is 14.7. The minimum atomic E-state index is -1.83. The van der Waals surface area contributed by atoms with Gasteiger partial charge in [-0.15, -0.1) is 0 Å². The van der Waals surface area contributed by atoms with E-state index in [1.165, 1.54) is 24.3 Å². The first-order chi connectivity index (χ1) is 36.5. The summed E-state index contributed by atoms with van der Waals surface area (Å²) >= 11 is 0. The standard InChI is InChI=1S/C51H66N12O14/c1-3-26(2)43(50(75)61-38(51(76)77)23-42(55)68)63-48(73)36(19-27-9-5-4-6-10-27)59-47(72)37(21-29-24-56-33-12-8-7-11-31(29)33)60-49(74)39(25-64)62-46(71)35(20-28-13-15-30(65)16-14-28)58-45(70)34(17-18-40(53)66)57-44(69)32(52)22-41(54)67/h4-16,24,26,32,34-39,43,56,64-65H,3,17-23,25,52H2,1-2H3,(H2,53,66)(H2,54,67)(H2,55,68)(H,57,69)(H,58,70)(H,59,72)(H,60,74)(H,61,75)(H,62,71)(H,63,73)(H,76,77)/t26-,32-,34-,35-,36-,37-,38-,39-,43-/m0/s1. The van der Waals surface area contributed by atoms with E-state index in [9.17, 15) is 68.1 Å². The third kappa shape index (κ3) is 19.1. The lowest BCUT2D eigenvalue weighted by Crippen LogP contribution is -2.62. The summed E-state index contributed by atoms with van der Waals surface area (Å²) in [5.74, 6) is -12.1. The van der Waals surface area contributed by atoms with Crippen molar-refractivity contribution >= 4 is 75.9 Å². The Labute approximate surface area is 441 Å². The van der Waals surface area contributed by atoms with Crippen LogP contribution in [0.25, 0.3) is 10.9 Å². The highest BCUT2D eigenvalue weighted by atomic mass is 16.4. The zero-order chi connectivity index (χ0) is 56.9. The van der Waals surface area contributed by atoms with Crippen molar-refractivity contribution in [2.75, 3.05) is 6.61 Å². The van der Waals surface area contributed by atoms with Crippen molar-refractivity contribution in [1.82, 2.24) is 42.2 Å². The predicted octanol–water partition coefficient (Wildman–Crippen LogP) is -3.24. The lowest BCUT2D eigenvalue weighted by Gasteiger charge is -2.29. The molecule has 0 spiro atoms. The number of hydrogen-bond donors (Lipinski definition) is 15. The van der Waals surface area contributed by atoms with E-state index < -0.39 is 152 Å². The van der Waals surface area contributed by atoms with E-state index >= 15 is 0 Å². The van der Waals surface area contributed by atoms with Crippen LogP contribution < -0.4 is 60.2 Å². The summed E-state index contributed by atoms with van der Waals surface area (Å²) in [4.78, 5) is 148. The number of rotatable bonds is 31. The summed E-state index contributed by atoms with van der Waals surface area (Å²) in [5, 5.41) is 48.1. The van der Waals surface area contributed by atoms with E-state index in [1.807, 2.05) is 0 Å². The number of phenols is 1. The Hall–Kier alpha value is -8.91. The van der Waals surface area contributed by atoms with E-state index in [1.54, 1.807) is 74.6 Å². The van der Waals surface area contributed by atoms with Gasteiger partial charge >= 0.3 is 5.97 Å². The Balaban J connectivity index is 1.68. The number of para-hydroxylation sites is 1. The number of carboxylic acid groups (broad SMARTS) is 1. The van der Waals surface area contributed by atoms with Gasteiger partial charge in [0.05, 0.1) is 25.5 Å². The summed E-state index contributed by atoms with van der Waals surface area (Å²) < 4.78 is 0. The molecular formula is C51H66N12O14. The molecule has 4 rings (SSSR count). The van der Waals surface area contributed by atoms with Gasteiger partial charge in [-0.2, -0.15) is 0 Å². The fourth-order valence-corrected chi connectivity index (χ4v) is 7.91. The molecule has 414 valence electrons. The van der Waals surface area contributed by atoms with Crippen molar-refractivity contribution in [2.45, 2.75) is 114 Å². The molecule has 0 bridgehead atoms. The summed E-state index contributed by atoms with van der Waals surface area (Å²) in [6.45, 7) is 2.25. The lowest BCUT2D eigenvalue weighted by atomic mass is 9.96. The number of carbonyl (C=O) groups excluding carboxylic acids is 10. The van der Waals surface area contributed by atoms with Gasteiger partial charge in [-0.05, 0) is 47.2 Å². The minimum Gasteiger partial charge on any atom is -0.508 e. The second kappa shape index (κ2) is 29.3. The Morgan fingerprint density at radius 1 is 0.545 bits per heavy atom. The maximum Gasteiger partial charge on any atom is 0.326 e. The SMILES string of the molecule is CC[C@H](C)[C@H](NC(=O)[C@H](Cc1ccccc1)NC(=O)[C@H](Cc1c[nH]c2ccccc12)NC(=O)[C@H](CO)NC(=O)[C@H](Cc1ccc(O)cc1)NC(=O)[C@H](CCC(N)=O)NC(=O)[C@@H](N)CC(N)=O)C(=O)N[C@@H](CC(N)=O)C(=O)O. The topological polar surface area (TPSA) is 453 Å². The number of carbonyl (C=O) groups is 11. The largest absolute Gasteiger partial charge is 0.508 e. The highest BCUT2D eigenvalue weighted by molar-refractivity contribution is 5.99. The van der Waals surface area contributed by atoms with Gasteiger partial charge in [0.1, 0.15) is 48.0 Å². The molecule has 26 heteroatoms. The number of aromatic amines is 1. The Morgan fingerprint density at radius 2 is 1.03 bits per heavy atom. The number of aromatic hydroxyl groups is 1. The highest BCUT2D eigenvalue weighted by Gasteiger charge is 2.36. The molecule has 0 saturated heterocycles. The monoisotopic (exact) mass is 1070 g/mol. The summed E-state index contributed by atoms with van der Waals surface area (Å²) in [7, 11) is 0. The van der Waals surface area contributed by atoms with Gasteiger partial charge < -0.3 is 80.5 Å². The normalized spacial score (nSPS) is 14.5. The summed E-state index contributed by atoms with van der Waals surface area (Å²) in [6, 6.07) is 8.23. The number of carboxylic acids is 1. The second-order valence-corrected chi connectivity index (χ2v) is 18.3. The van der Waals surface area contributed by atoms with Crippen molar-refractivity contribution in [2.24, 2.45) is 28.9 Å². The number of H-pyrrole nitrogens is 1. The lowest BCUT2D eigenvalue weighted by molar-refractivity contribution is -0.144. The van der Waals surface area contributed by atoms with Gasteiger partial charge in [0.25, 0.3) is 0 Å². The van der Waals surface area contributed by atoms with Crippen molar-refractivity contribution in [3.63, 3.8) is 0 Å². The number of benzene rings is 3. The van der Waals surface area contributed by atoms with Crippen LogP contribution in [0.15, 0.2) is 85.1 Å². The molecule has 0 aliphatic heterocycles. The van der Waals surface area contributed by atoms with Crippen LogP contribution in [-0.4, -0.2) is 140 Å². The predicted molar refractivity (Wildman–Crippen MR) is 276 cm³/mol. The molecule has 1 aromatic heterocycles. The number of aliphatic carboxylic acids is 1. The zero-order valence-corrected chi connectivity index (χ0v) is 42.3. The molecule has 3 aromatic carbocycles. The Bertz CT molecular complexity index is 2760. The van der Waals surface area contributed by atoms with Gasteiger partial charge in [-0.3, -0.25) is 47.9 Å². The van der Waals surface area contributed by atoms with Crippen molar-refractivity contribution in [1.29, 1.82) is 0 Å². The van der Waals surface area contributed by atoms with Crippen LogP contribution in [0.2, 0.25) is 0 Å². The van der Waals surface area contributed by atoms with Crippen LogP contribution in [-0.2, 0) is 72.0 Å². The summed E-state index contributed by atoms with van der Waals surface area (Å²) in [5.41, 5.74) is 23.6. The van der Waals surface area contributed by atoms with Crippen molar-refractivity contribution in [3.8, 4) is 5.75 Å². The summed E-state index contributed by atoms with van der Waals surface area (Å²) in [6.07, 6.45) is -1.00. The molecule has 9 atom stereocenters. The molecule has 0 unspecified atom stereocenters. The third-order valence-electron chi connectivity index (χ3n) is 12.4. The molecule has 0 fully saturated rings. The fraction of sp³-hybridized carbons (Fsp3) is 0.392. The smallest absolute Gasteiger partial charge is 0.326 e. The van der Waals surface area contributed by atoms with Gasteiger partial charge in [-0.1, -0.05) is 80.9 Å². The van der Waals surface area contributed by atoms with Gasteiger partial charge in [0, 0.05) is 42.8 Å². The number of aliphatic hydroxyl groups excluding tert-OH is 1. The van der Waals surface area contributed by atoms with Crippen LogP contribution in [0.1, 0.15) is 62.6 Å². The number of hydrogen-bond acceptors (Lipinski definition) is 14. The van der Waals surface area contributed by atoms with E-state index in [2.05, 4.69) is 42.2 Å². The number of nitrogens with two attached hydrogens (primary N) is 4. The van der Waals surface area contributed by atoms with E-state index in [0.717, 1.165) is 0 Å². The van der Waals surface area contributed by atoms with Gasteiger partial charge in [-0.25, -0.2) is 4.79 Å². The average Bonchev–Trinajstić information content (AvgIpc) is 3.79. The minimum absolute atomic E-state index is 0.136. The molecular weight excluding hydrogens is 1000 g/mol. The molecule has 0 radical (unpaired) electrons. The first-order valence-electron chi connectivity index (χ1n) is 24.4. The molecule has 26 nitrogen and oxygen atoms in total. The highest BCUT2D eigenvalue weighted by Crippen LogP contribution is 2.20. The van der Waals surface area contributed by atoms with Crippen LogP contribution in [0.3, 0.4) is 0 Å². The molecule has 0 aliphatic carbocycles. The average molecular weight is 1070 g/mol. The molecule has 10 amide bonds. The fourth-order valence-electron chi connectivity index (χ4n) is 7.91. The van der Waals surface area contributed by atoms with Crippen LogP contribution in [0.4, 0.5) is 0 Å². The maximum atomic E-state index is 14.7.